The van der Waals surface area contributed by atoms with E-state index in [-0.39, 0.29) is 0 Å². The molecule has 0 aromatic rings. The zero-order valence-electron chi connectivity index (χ0n) is 13.0. The Bertz CT molecular complexity index is 214. The van der Waals surface area contributed by atoms with E-state index in [0.29, 0.717) is 0 Å². The summed E-state index contributed by atoms with van der Waals surface area (Å²) >= 11 is 0. The molecule has 4 unspecified atom stereocenters. The summed E-state index contributed by atoms with van der Waals surface area (Å²) in [4.78, 5) is 0. The molecule has 0 heterocycles. The first kappa shape index (κ1) is 14.6. The van der Waals surface area contributed by atoms with Crippen LogP contribution in [-0.4, -0.2) is 8.80 Å². The molecule has 0 spiro atoms. The van der Waals surface area contributed by atoms with Crippen molar-refractivity contribution in [1.29, 1.82) is 0 Å². The highest BCUT2D eigenvalue weighted by molar-refractivity contribution is 6.60. The molecule has 2 fully saturated rings. The van der Waals surface area contributed by atoms with Gasteiger partial charge in [0.1, 0.15) is 0 Å². The Morgan fingerprint density at radius 1 is 0.778 bits per heavy atom. The molecule has 18 heavy (non-hydrogen) atoms. The standard InChI is InChI=1S/C17H34Si/c1-4-6-14-8-10-16(12-14)18(3)17-11-9-15(13-17)7-5-2/h14-18H,4-13H2,1-3H3. The van der Waals surface area contributed by atoms with Gasteiger partial charge in [0.15, 0.2) is 0 Å². The van der Waals surface area contributed by atoms with Crippen molar-refractivity contribution in [3.8, 4) is 0 Å². The second-order valence-corrected chi connectivity index (χ2v) is 10.9. The summed E-state index contributed by atoms with van der Waals surface area (Å²) in [6.45, 7) is 7.44. The lowest BCUT2D eigenvalue weighted by molar-refractivity contribution is 0.492. The molecule has 0 bridgehead atoms. The minimum absolute atomic E-state index is 0.434. The van der Waals surface area contributed by atoms with Crippen molar-refractivity contribution >= 4 is 8.80 Å². The van der Waals surface area contributed by atoms with E-state index in [4.69, 9.17) is 0 Å². The van der Waals surface area contributed by atoms with Crippen LogP contribution in [-0.2, 0) is 0 Å². The highest BCUT2D eigenvalue weighted by Gasteiger charge is 2.36. The number of hydrogen-bond acceptors (Lipinski definition) is 0. The average molecular weight is 267 g/mol. The Morgan fingerprint density at radius 3 is 1.61 bits per heavy atom. The summed E-state index contributed by atoms with van der Waals surface area (Å²) in [5.41, 5.74) is 2.43. The average Bonchev–Trinajstić information content (AvgIpc) is 2.98. The smallest absolute Gasteiger partial charge is 0.0399 e. The number of rotatable bonds is 6. The van der Waals surface area contributed by atoms with Crippen molar-refractivity contribution in [3.05, 3.63) is 0 Å². The fourth-order valence-corrected chi connectivity index (χ4v) is 8.74. The summed E-state index contributed by atoms with van der Waals surface area (Å²) in [6, 6.07) is 0. The molecule has 0 aromatic heterocycles. The van der Waals surface area contributed by atoms with Crippen LogP contribution >= 0.6 is 0 Å². The molecule has 2 aliphatic carbocycles. The molecule has 106 valence electrons. The van der Waals surface area contributed by atoms with Crippen LogP contribution in [0, 0.1) is 11.8 Å². The lowest BCUT2D eigenvalue weighted by Crippen LogP contribution is -2.20. The molecule has 0 N–H and O–H groups in total. The monoisotopic (exact) mass is 266 g/mol. The fraction of sp³-hybridized carbons (Fsp3) is 1.00. The molecule has 2 rings (SSSR count). The topological polar surface area (TPSA) is 0 Å². The second-order valence-electron chi connectivity index (χ2n) is 7.31. The normalized spacial score (nSPS) is 38.2. The molecule has 0 aliphatic heterocycles. The van der Waals surface area contributed by atoms with Gasteiger partial charge in [-0.05, 0) is 22.9 Å². The van der Waals surface area contributed by atoms with Gasteiger partial charge in [-0.25, -0.2) is 0 Å². The van der Waals surface area contributed by atoms with Crippen molar-refractivity contribution in [3.63, 3.8) is 0 Å². The van der Waals surface area contributed by atoms with Gasteiger partial charge in [0.2, 0.25) is 0 Å². The van der Waals surface area contributed by atoms with Gasteiger partial charge in [0.05, 0.1) is 0 Å². The van der Waals surface area contributed by atoms with E-state index in [1.807, 2.05) is 0 Å². The summed E-state index contributed by atoms with van der Waals surface area (Å²) in [5.74, 6) is 2.23. The Labute approximate surface area is 117 Å². The Balaban J connectivity index is 1.76. The van der Waals surface area contributed by atoms with Crippen molar-refractivity contribution in [2.45, 2.75) is 95.7 Å². The van der Waals surface area contributed by atoms with E-state index in [1.54, 1.807) is 38.5 Å². The van der Waals surface area contributed by atoms with Crippen LogP contribution in [0.5, 0.6) is 0 Å². The molecule has 0 amide bonds. The minimum atomic E-state index is -0.434. The molecule has 0 aromatic carbocycles. The van der Waals surface area contributed by atoms with Crippen molar-refractivity contribution in [2.75, 3.05) is 0 Å². The van der Waals surface area contributed by atoms with E-state index in [0.717, 1.165) is 11.8 Å². The predicted molar refractivity (Wildman–Crippen MR) is 85.0 cm³/mol. The molecule has 2 aliphatic rings. The van der Waals surface area contributed by atoms with Crippen LogP contribution < -0.4 is 0 Å². The summed E-state index contributed by atoms with van der Waals surface area (Å²) in [5, 5.41) is 0. The van der Waals surface area contributed by atoms with Crippen LogP contribution in [0.2, 0.25) is 17.6 Å². The molecule has 0 radical (unpaired) electrons. The quantitative estimate of drug-likeness (QED) is 0.534. The molecule has 1 heteroatoms. The highest BCUT2D eigenvalue weighted by atomic mass is 28.3. The van der Waals surface area contributed by atoms with Crippen LogP contribution in [0.3, 0.4) is 0 Å². The van der Waals surface area contributed by atoms with Gasteiger partial charge in [-0.1, -0.05) is 84.6 Å². The Hall–Kier alpha value is 0.217. The predicted octanol–water partition coefficient (Wildman–Crippen LogP) is 5.78. The third kappa shape index (κ3) is 3.62. The van der Waals surface area contributed by atoms with Gasteiger partial charge < -0.3 is 0 Å². The molecular formula is C17H34Si. The van der Waals surface area contributed by atoms with Crippen LogP contribution in [0.15, 0.2) is 0 Å². The van der Waals surface area contributed by atoms with Gasteiger partial charge >= 0.3 is 0 Å². The van der Waals surface area contributed by atoms with Crippen LogP contribution in [0.4, 0.5) is 0 Å². The van der Waals surface area contributed by atoms with Crippen LogP contribution in [0.25, 0.3) is 0 Å². The van der Waals surface area contributed by atoms with Crippen LogP contribution in [0.1, 0.15) is 78.1 Å². The lowest BCUT2D eigenvalue weighted by Gasteiger charge is -2.24. The molecule has 4 atom stereocenters. The second kappa shape index (κ2) is 7.12. The zero-order valence-corrected chi connectivity index (χ0v) is 14.1. The number of hydrogen-bond donors (Lipinski definition) is 0. The first-order valence-electron chi connectivity index (χ1n) is 8.74. The van der Waals surface area contributed by atoms with Crippen molar-refractivity contribution < 1.29 is 0 Å². The lowest BCUT2D eigenvalue weighted by atomic mass is 10.0. The highest BCUT2D eigenvalue weighted by Crippen LogP contribution is 2.48. The van der Waals surface area contributed by atoms with E-state index < -0.39 is 8.80 Å². The van der Waals surface area contributed by atoms with Gasteiger partial charge in [0.25, 0.3) is 0 Å². The summed E-state index contributed by atoms with van der Waals surface area (Å²) in [6.07, 6.45) is 15.4. The molecular weight excluding hydrogens is 232 g/mol. The van der Waals surface area contributed by atoms with Gasteiger partial charge in [-0.2, -0.15) is 0 Å². The molecule has 0 nitrogen and oxygen atoms in total. The van der Waals surface area contributed by atoms with Gasteiger partial charge in [0, 0.05) is 8.80 Å². The van der Waals surface area contributed by atoms with E-state index >= 15 is 0 Å². The van der Waals surface area contributed by atoms with Gasteiger partial charge in [-0.15, -0.1) is 0 Å². The van der Waals surface area contributed by atoms with Gasteiger partial charge in [-0.3, -0.25) is 0 Å². The fourth-order valence-electron chi connectivity index (χ4n) is 4.91. The molecule has 0 saturated heterocycles. The van der Waals surface area contributed by atoms with Crippen molar-refractivity contribution in [1.82, 2.24) is 0 Å². The Morgan fingerprint density at radius 2 is 1.22 bits per heavy atom. The van der Waals surface area contributed by atoms with E-state index in [1.165, 1.54) is 36.8 Å². The minimum Gasteiger partial charge on any atom is -0.0716 e. The zero-order chi connectivity index (χ0) is 13.0. The third-order valence-electron chi connectivity index (χ3n) is 6.04. The Kier molecular flexibility index (Phi) is 5.78. The summed E-state index contributed by atoms with van der Waals surface area (Å²) in [7, 11) is -0.434. The third-order valence-corrected chi connectivity index (χ3v) is 10.2. The summed E-state index contributed by atoms with van der Waals surface area (Å²) < 4.78 is 0. The largest absolute Gasteiger partial charge is 0.0716 e. The van der Waals surface area contributed by atoms with E-state index in [2.05, 4.69) is 20.4 Å². The first-order valence-corrected chi connectivity index (χ1v) is 11.2. The van der Waals surface area contributed by atoms with E-state index in [9.17, 15) is 0 Å². The molecule has 2 saturated carbocycles. The maximum absolute atomic E-state index is 2.72. The first-order chi connectivity index (χ1) is 8.74. The SMILES string of the molecule is CCCC1CCC([SiH](C)C2CCC(CCC)C2)C1. The van der Waals surface area contributed by atoms with Crippen molar-refractivity contribution in [2.24, 2.45) is 11.8 Å². The maximum atomic E-state index is 2.72. The maximum Gasteiger partial charge on any atom is 0.0399 e.